The Balaban J connectivity index is 1.67. The highest BCUT2D eigenvalue weighted by atomic mass is 16.1. The van der Waals surface area contributed by atoms with Crippen molar-refractivity contribution in [1.29, 1.82) is 0 Å². The van der Waals surface area contributed by atoms with E-state index in [1.807, 2.05) is 0 Å². The number of aryl methyl sites for hydroxylation is 2. The van der Waals surface area contributed by atoms with E-state index in [-0.39, 0.29) is 5.41 Å². The molecule has 0 saturated heterocycles. The maximum atomic E-state index is 13.3. The number of carbonyl (C=O) groups is 1. The van der Waals surface area contributed by atoms with Crippen LogP contribution in [0.1, 0.15) is 40.7 Å². The van der Waals surface area contributed by atoms with Crippen molar-refractivity contribution in [3.05, 3.63) is 59.2 Å². The van der Waals surface area contributed by atoms with Crippen LogP contribution >= 0.6 is 0 Å². The molecule has 1 spiro atoms. The Morgan fingerprint density at radius 1 is 1.09 bits per heavy atom. The summed E-state index contributed by atoms with van der Waals surface area (Å²) in [5.41, 5.74) is 3.47. The Labute approximate surface area is 131 Å². The van der Waals surface area contributed by atoms with Crippen LogP contribution in [0.4, 0.5) is 0 Å². The van der Waals surface area contributed by atoms with E-state index in [0.29, 0.717) is 17.6 Å². The van der Waals surface area contributed by atoms with Gasteiger partial charge in [-0.25, -0.2) is 0 Å². The van der Waals surface area contributed by atoms with E-state index >= 15 is 0 Å². The number of carbonyl (C=O) groups excluding carboxylic acids is 1. The van der Waals surface area contributed by atoms with Crippen LogP contribution in [0.2, 0.25) is 0 Å². The second-order valence-electron chi connectivity index (χ2n) is 7.54. The molecule has 3 aliphatic carbocycles. The minimum Gasteiger partial charge on any atom is -0.294 e. The minimum atomic E-state index is -0.0786. The highest BCUT2D eigenvalue weighted by molar-refractivity contribution is 6.06. The van der Waals surface area contributed by atoms with Crippen molar-refractivity contribution in [3.63, 3.8) is 0 Å². The smallest absolute Gasteiger partial charge is 0.169 e. The number of rotatable bonds is 0. The van der Waals surface area contributed by atoms with E-state index in [9.17, 15) is 4.79 Å². The molecule has 0 aromatic heterocycles. The normalized spacial score (nSPS) is 32.1. The first-order valence-electron chi connectivity index (χ1n) is 8.42. The first-order valence-corrected chi connectivity index (χ1v) is 8.42. The molecule has 0 aliphatic heterocycles. The van der Waals surface area contributed by atoms with Gasteiger partial charge < -0.3 is 0 Å². The van der Waals surface area contributed by atoms with Crippen molar-refractivity contribution in [3.8, 4) is 0 Å². The molecule has 2 bridgehead atoms. The standard InChI is InChI=1S/C21H20O/c1-13-2-4-15-11-19-16(10-17(15)8-13)6-7-21(20(19)22)12-14-3-5-18(21)9-14/h2-5,8,10-11,14,18H,6-7,9,12H2,1H3. The van der Waals surface area contributed by atoms with Crippen LogP contribution in [0.15, 0.2) is 42.5 Å². The van der Waals surface area contributed by atoms with Crippen molar-refractivity contribution in [2.75, 3.05) is 0 Å². The maximum Gasteiger partial charge on any atom is 0.169 e. The van der Waals surface area contributed by atoms with E-state index < -0.39 is 0 Å². The number of fused-ring (bicyclic) bond motifs is 5. The van der Waals surface area contributed by atoms with Gasteiger partial charge in [-0.1, -0.05) is 42.0 Å². The Morgan fingerprint density at radius 2 is 2.00 bits per heavy atom. The lowest BCUT2D eigenvalue weighted by Crippen LogP contribution is -2.39. The highest BCUT2D eigenvalue weighted by Gasteiger charge is 2.54. The average molecular weight is 288 g/mol. The molecule has 2 aromatic carbocycles. The fraction of sp³-hybridized carbons (Fsp3) is 0.381. The van der Waals surface area contributed by atoms with Crippen LogP contribution in [-0.4, -0.2) is 5.78 Å². The van der Waals surface area contributed by atoms with E-state index in [1.54, 1.807) is 0 Å². The highest BCUT2D eigenvalue weighted by Crippen LogP contribution is 2.57. The van der Waals surface area contributed by atoms with Gasteiger partial charge in [0.15, 0.2) is 5.78 Å². The van der Waals surface area contributed by atoms with Crippen LogP contribution in [0, 0.1) is 24.2 Å². The van der Waals surface area contributed by atoms with Gasteiger partial charge in [0.1, 0.15) is 0 Å². The van der Waals surface area contributed by atoms with Crippen molar-refractivity contribution < 1.29 is 4.79 Å². The van der Waals surface area contributed by atoms with Crippen molar-refractivity contribution in [1.82, 2.24) is 0 Å². The summed E-state index contributed by atoms with van der Waals surface area (Å²) in [5.74, 6) is 1.57. The first kappa shape index (κ1) is 12.6. The van der Waals surface area contributed by atoms with Crippen molar-refractivity contribution in [2.45, 2.75) is 32.6 Å². The maximum absolute atomic E-state index is 13.3. The number of hydrogen-bond acceptors (Lipinski definition) is 1. The summed E-state index contributed by atoms with van der Waals surface area (Å²) in [6.45, 7) is 2.13. The molecule has 2 aromatic rings. The molecule has 1 fully saturated rings. The molecular formula is C21H20O. The van der Waals surface area contributed by atoms with Gasteiger partial charge in [-0.2, -0.15) is 0 Å². The molecule has 1 saturated carbocycles. The lowest BCUT2D eigenvalue weighted by molar-refractivity contribution is 0.0703. The average Bonchev–Trinajstić information content (AvgIpc) is 3.11. The number of hydrogen-bond donors (Lipinski definition) is 0. The van der Waals surface area contributed by atoms with Crippen LogP contribution in [0.25, 0.3) is 10.8 Å². The minimum absolute atomic E-state index is 0.0786. The zero-order valence-corrected chi connectivity index (χ0v) is 12.9. The topological polar surface area (TPSA) is 17.1 Å². The molecule has 3 unspecified atom stereocenters. The van der Waals surface area contributed by atoms with E-state index in [2.05, 4.69) is 49.4 Å². The SMILES string of the molecule is Cc1ccc2cc3c(cc2c1)CCC1(CC2C=CC1C2)C3=O. The molecular weight excluding hydrogens is 268 g/mol. The molecule has 22 heavy (non-hydrogen) atoms. The monoisotopic (exact) mass is 288 g/mol. The van der Waals surface area contributed by atoms with E-state index in [1.165, 1.54) is 28.3 Å². The van der Waals surface area contributed by atoms with Crippen molar-refractivity contribution in [2.24, 2.45) is 17.3 Å². The molecule has 0 amide bonds. The molecule has 0 N–H and O–H groups in total. The summed E-state index contributed by atoms with van der Waals surface area (Å²) in [6, 6.07) is 10.9. The summed E-state index contributed by atoms with van der Waals surface area (Å²) in [6.07, 6.45) is 9.04. The Morgan fingerprint density at radius 3 is 2.77 bits per heavy atom. The molecule has 3 atom stereocenters. The van der Waals surface area contributed by atoms with Gasteiger partial charge in [-0.05, 0) is 66.8 Å². The second kappa shape index (κ2) is 4.10. The summed E-state index contributed by atoms with van der Waals surface area (Å²) < 4.78 is 0. The van der Waals surface area contributed by atoms with E-state index in [0.717, 1.165) is 24.8 Å². The zero-order chi connectivity index (χ0) is 14.9. The summed E-state index contributed by atoms with van der Waals surface area (Å²) >= 11 is 0. The van der Waals surface area contributed by atoms with Crippen LogP contribution < -0.4 is 0 Å². The molecule has 0 radical (unpaired) electrons. The molecule has 5 rings (SSSR count). The molecule has 1 heteroatoms. The number of Topliss-reactive ketones (excluding diaryl/α,β-unsaturated/α-hetero) is 1. The quantitative estimate of drug-likeness (QED) is 0.633. The van der Waals surface area contributed by atoms with Crippen molar-refractivity contribution >= 4 is 16.6 Å². The second-order valence-corrected chi connectivity index (χ2v) is 7.54. The van der Waals surface area contributed by atoms with Crippen LogP contribution in [0.3, 0.4) is 0 Å². The Bertz CT molecular complexity index is 844. The number of allylic oxidation sites excluding steroid dienone is 2. The van der Waals surface area contributed by atoms with Crippen LogP contribution in [0.5, 0.6) is 0 Å². The van der Waals surface area contributed by atoms with Gasteiger partial charge in [-0.3, -0.25) is 4.79 Å². The fourth-order valence-corrected chi connectivity index (χ4v) is 5.13. The van der Waals surface area contributed by atoms with Gasteiger partial charge in [0.25, 0.3) is 0 Å². The first-order chi connectivity index (χ1) is 10.7. The third kappa shape index (κ3) is 1.52. The third-order valence-corrected chi connectivity index (χ3v) is 6.26. The summed E-state index contributed by atoms with van der Waals surface area (Å²) in [5, 5.41) is 2.48. The number of benzene rings is 2. The van der Waals surface area contributed by atoms with Crippen LogP contribution in [-0.2, 0) is 6.42 Å². The van der Waals surface area contributed by atoms with Gasteiger partial charge in [0.05, 0.1) is 0 Å². The lowest BCUT2D eigenvalue weighted by atomic mass is 9.63. The predicted octanol–water partition coefficient (Wildman–Crippen LogP) is 4.86. The third-order valence-electron chi connectivity index (χ3n) is 6.26. The van der Waals surface area contributed by atoms with Gasteiger partial charge in [-0.15, -0.1) is 0 Å². The molecule has 3 aliphatic rings. The Kier molecular flexibility index (Phi) is 2.35. The molecule has 1 nitrogen and oxygen atoms in total. The Hall–Kier alpha value is -1.89. The van der Waals surface area contributed by atoms with E-state index in [4.69, 9.17) is 0 Å². The summed E-state index contributed by atoms with van der Waals surface area (Å²) in [7, 11) is 0. The van der Waals surface area contributed by atoms with Gasteiger partial charge in [0, 0.05) is 11.0 Å². The lowest BCUT2D eigenvalue weighted by Gasteiger charge is -2.38. The zero-order valence-electron chi connectivity index (χ0n) is 12.9. The van der Waals surface area contributed by atoms with Gasteiger partial charge in [0.2, 0.25) is 0 Å². The molecule has 0 heterocycles. The number of ketones is 1. The summed E-state index contributed by atoms with van der Waals surface area (Å²) in [4.78, 5) is 13.3. The fourth-order valence-electron chi connectivity index (χ4n) is 5.13. The largest absolute Gasteiger partial charge is 0.294 e. The molecule has 110 valence electrons. The predicted molar refractivity (Wildman–Crippen MR) is 89.1 cm³/mol. The van der Waals surface area contributed by atoms with Gasteiger partial charge >= 0.3 is 0 Å².